The molecule has 1 aliphatic rings. The molecule has 1 N–H and O–H groups in total. The Kier molecular flexibility index (Phi) is 8.12. The molecule has 0 atom stereocenters. The second kappa shape index (κ2) is 11.2. The van der Waals surface area contributed by atoms with Crippen LogP contribution in [0.5, 0.6) is 17.2 Å². The van der Waals surface area contributed by atoms with Gasteiger partial charge in [0.1, 0.15) is 5.75 Å². The second-order valence-electron chi connectivity index (χ2n) is 7.21. The second-order valence-corrected chi connectivity index (χ2v) is 7.21. The van der Waals surface area contributed by atoms with Crippen molar-refractivity contribution < 1.29 is 19.0 Å². The molecule has 8 nitrogen and oxygen atoms in total. The number of likely N-dealkylation sites (N-methyl/N-ethyl adjacent to an activating group) is 1. The van der Waals surface area contributed by atoms with Crippen LogP contribution in [0.15, 0.2) is 47.6 Å². The lowest BCUT2D eigenvalue weighted by Crippen LogP contribution is -2.41. The van der Waals surface area contributed by atoms with E-state index in [0.717, 1.165) is 37.5 Å². The number of hydrogen-bond acceptors (Lipinski definition) is 7. The first-order valence-electron chi connectivity index (χ1n) is 10.4. The predicted molar refractivity (Wildman–Crippen MR) is 121 cm³/mol. The van der Waals surface area contributed by atoms with Crippen LogP contribution in [0.3, 0.4) is 0 Å². The van der Waals surface area contributed by atoms with E-state index in [1.807, 2.05) is 37.4 Å². The van der Waals surface area contributed by atoms with E-state index < -0.39 is 0 Å². The fourth-order valence-corrected chi connectivity index (χ4v) is 3.08. The number of carbonyl (C=O) groups is 1. The van der Waals surface area contributed by atoms with Crippen LogP contribution in [-0.2, 0) is 4.79 Å². The molecule has 0 aliphatic carbocycles. The van der Waals surface area contributed by atoms with Crippen LogP contribution in [0, 0.1) is 0 Å². The molecule has 0 bridgehead atoms. The number of nitrogens with zero attached hydrogens (tertiary/aromatic N) is 3. The van der Waals surface area contributed by atoms with E-state index in [0.29, 0.717) is 23.8 Å². The zero-order valence-corrected chi connectivity index (χ0v) is 18.3. The highest BCUT2D eigenvalue weighted by Crippen LogP contribution is 2.27. The first kappa shape index (κ1) is 22.4. The van der Waals surface area contributed by atoms with E-state index in [4.69, 9.17) is 14.2 Å². The number of hydrazone groups is 1. The van der Waals surface area contributed by atoms with Crippen molar-refractivity contribution in [3.8, 4) is 17.2 Å². The van der Waals surface area contributed by atoms with E-state index in [-0.39, 0.29) is 12.5 Å². The van der Waals surface area contributed by atoms with Gasteiger partial charge >= 0.3 is 0 Å². The van der Waals surface area contributed by atoms with E-state index in [1.165, 1.54) is 0 Å². The van der Waals surface area contributed by atoms with Crippen molar-refractivity contribution in [2.45, 2.75) is 6.92 Å². The lowest BCUT2D eigenvalue weighted by molar-refractivity contribution is -0.118. The molecule has 0 aromatic heterocycles. The Balaban J connectivity index is 1.53. The summed E-state index contributed by atoms with van der Waals surface area (Å²) in [6.45, 7) is 6.23. The van der Waals surface area contributed by atoms with Gasteiger partial charge in [-0.05, 0) is 62.0 Å². The van der Waals surface area contributed by atoms with Gasteiger partial charge in [-0.25, -0.2) is 0 Å². The first-order valence-corrected chi connectivity index (χ1v) is 10.4. The number of nitrogens with one attached hydrogen (secondary N) is 1. The molecule has 0 spiro atoms. The molecule has 1 fully saturated rings. The van der Waals surface area contributed by atoms with Gasteiger partial charge in [0.15, 0.2) is 18.1 Å². The molecule has 1 amide bonds. The third kappa shape index (κ3) is 6.89. The van der Waals surface area contributed by atoms with Gasteiger partial charge in [-0.3, -0.25) is 9.80 Å². The van der Waals surface area contributed by atoms with E-state index in [1.54, 1.807) is 25.3 Å². The normalized spacial score (nSPS) is 14.5. The van der Waals surface area contributed by atoms with Crippen LogP contribution in [0.25, 0.3) is 0 Å². The molecule has 0 radical (unpaired) electrons. The van der Waals surface area contributed by atoms with Gasteiger partial charge in [-0.2, -0.15) is 5.10 Å². The van der Waals surface area contributed by atoms with Gasteiger partial charge in [-0.1, -0.05) is 0 Å². The van der Waals surface area contributed by atoms with E-state index in [2.05, 4.69) is 27.4 Å². The molecule has 1 heterocycles. The van der Waals surface area contributed by atoms with Gasteiger partial charge in [0.25, 0.3) is 5.91 Å². The number of piperazine rings is 1. The summed E-state index contributed by atoms with van der Waals surface area (Å²) in [5.41, 5.74) is 1.58. The average molecular weight is 427 g/mol. The quantitative estimate of drug-likeness (QED) is 0.622. The maximum atomic E-state index is 12.2. The molecular weight excluding hydrogens is 396 g/mol. The highest BCUT2D eigenvalue weighted by molar-refractivity contribution is 5.92. The summed E-state index contributed by atoms with van der Waals surface area (Å²) in [6, 6.07) is 12.7. The summed E-state index contributed by atoms with van der Waals surface area (Å²) in [7, 11) is 3.69. The van der Waals surface area contributed by atoms with Gasteiger partial charge in [0.2, 0.25) is 0 Å². The Hall–Kier alpha value is -3.26. The maximum Gasteiger partial charge on any atom is 0.262 e. The van der Waals surface area contributed by atoms with Crippen molar-refractivity contribution in [3.63, 3.8) is 0 Å². The van der Waals surface area contributed by atoms with Crippen molar-refractivity contribution >= 4 is 17.8 Å². The Morgan fingerprint density at radius 2 is 1.81 bits per heavy atom. The number of hydrogen-bond donors (Lipinski definition) is 1. The third-order valence-electron chi connectivity index (χ3n) is 4.85. The van der Waals surface area contributed by atoms with Gasteiger partial charge < -0.3 is 24.4 Å². The Bertz CT molecular complexity index is 878. The largest absolute Gasteiger partial charge is 0.494 e. The Morgan fingerprint density at radius 1 is 1.06 bits per heavy atom. The zero-order valence-electron chi connectivity index (χ0n) is 18.3. The maximum absolute atomic E-state index is 12.2. The van der Waals surface area contributed by atoms with Crippen molar-refractivity contribution in [1.82, 2.24) is 9.91 Å². The number of benzene rings is 2. The van der Waals surface area contributed by atoms with Gasteiger partial charge in [-0.15, -0.1) is 0 Å². The van der Waals surface area contributed by atoms with Crippen LogP contribution in [0.2, 0.25) is 0 Å². The Labute approximate surface area is 183 Å². The van der Waals surface area contributed by atoms with Crippen molar-refractivity contribution in [3.05, 3.63) is 48.0 Å². The smallest absolute Gasteiger partial charge is 0.262 e. The van der Waals surface area contributed by atoms with Crippen LogP contribution in [0.4, 0.5) is 5.69 Å². The van der Waals surface area contributed by atoms with Crippen molar-refractivity contribution in [2.75, 3.05) is 58.9 Å². The average Bonchev–Trinajstić information content (AvgIpc) is 2.79. The molecule has 1 aliphatic heterocycles. The van der Waals surface area contributed by atoms with Crippen molar-refractivity contribution in [1.29, 1.82) is 0 Å². The minimum atomic E-state index is -0.257. The fourth-order valence-electron chi connectivity index (χ4n) is 3.08. The zero-order chi connectivity index (χ0) is 22.1. The minimum absolute atomic E-state index is 0.127. The summed E-state index contributed by atoms with van der Waals surface area (Å²) in [5.74, 6) is 1.56. The summed E-state index contributed by atoms with van der Waals surface area (Å²) >= 11 is 0. The number of methoxy groups -OCH3 is 1. The molecule has 31 heavy (non-hydrogen) atoms. The van der Waals surface area contributed by atoms with Crippen LogP contribution in [-0.4, -0.2) is 75.6 Å². The number of amides is 1. The monoisotopic (exact) mass is 426 g/mol. The van der Waals surface area contributed by atoms with Crippen LogP contribution >= 0.6 is 0 Å². The van der Waals surface area contributed by atoms with Crippen molar-refractivity contribution in [2.24, 2.45) is 5.10 Å². The minimum Gasteiger partial charge on any atom is -0.494 e. The first-order chi connectivity index (χ1) is 15.1. The molecule has 8 heteroatoms. The number of anilines is 1. The van der Waals surface area contributed by atoms with Gasteiger partial charge in [0, 0.05) is 31.9 Å². The SMILES string of the molecule is CCOc1ccc(NC(=O)COc2ccc(/C=N\N3CCN(C)CC3)cc2OC)cc1. The lowest BCUT2D eigenvalue weighted by Gasteiger charge is -2.30. The Morgan fingerprint density at radius 3 is 2.48 bits per heavy atom. The van der Waals surface area contributed by atoms with Gasteiger partial charge in [0.05, 0.1) is 19.9 Å². The fraction of sp³-hybridized carbons (Fsp3) is 0.391. The van der Waals surface area contributed by atoms with E-state index >= 15 is 0 Å². The molecule has 2 aromatic carbocycles. The molecule has 2 aromatic rings. The summed E-state index contributed by atoms with van der Waals surface area (Å²) in [5, 5.41) is 9.40. The highest BCUT2D eigenvalue weighted by atomic mass is 16.5. The molecule has 0 saturated carbocycles. The lowest BCUT2D eigenvalue weighted by atomic mass is 10.2. The highest BCUT2D eigenvalue weighted by Gasteiger charge is 2.12. The molecule has 0 unspecified atom stereocenters. The summed E-state index contributed by atoms with van der Waals surface area (Å²) in [4.78, 5) is 14.5. The number of rotatable bonds is 9. The summed E-state index contributed by atoms with van der Waals surface area (Å²) in [6.07, 6.45) is 1.82. The molecule has 1 saturated heterocycles. The molecule has 166 valence electrons. The summed E-state index contributed by atoms with van der Waals surface area (Å²) < 4.78 is 16.5. The topological polar surface area (TPSA) is 75.6 Å². The van der Waals surface area contributed by atoms with Crippen LogP contribution in [0.1, 0.15) is 12.5 Å². The molecule has 3 rings (SSSR count). The van der Waals surface area contributed by atoms with E-state index in [9.17, 15) is 4.79 Å². The number of ether oxygens (including phenoxy) is 3. The van der Waals surface area contributed by atoms with Crippen LogP contribution < -0.4 is 19.5 Å². The standard InChI is InChI=1S/C23H30N4O4/c1-4-30-20-8-6-19(7-9-20)25-23(28)17-31-21-10-5-18(15-22(21)29-3)16-24-27-13-11-26(2)12-14-27/h5-10,15-16H,4,11-14,17H2,1-3H3,(H,25,28)/b24-16-. The molecular formula is C23H30N4O4. The third-order valence-corrected chi connectivity index (χ3v) is 4.85. The number of carbonyl (C=O) groups excluding carboxylic acids is 1. The predicted octanol–water partition coefficient (Wildman–Crippen LogP) is 2.69.